The molecule has 22 heteroatoms. The lowest BCUT2D eigenvalue weighted by molar-refractivity contribution is -0.144. The molecule has 6 aromatic rings. The number of rotatable bonds is 26. The molecule has 2 aromatic heterocycles. The Morgan fingerprint density at radius 2 is 0.938 bits per heavy atom. The average molecular weight is 1360 g/mol. The van der Waals surface area contributed by atoms with E-state index in [2.05, 4.69) is 0 Å². The van der Waals surface area contributed by atoms with E-state index in [0.29, 0.717) is 98.3 Å². The fourth-order valence-corrected chi connectivity index (χ4v) is 12.9. The standard InChI is InChI=1S/C38H46F4N2O4.C20H23F2NO2.C17H24F2N2O3/c1-7-48-35(46)19-27(31-17-28(13-25(6)37(31)42)36-23(4)14-30(40)15-24(36)5)18-34(45)33(12-22(2)3)44-20-26(16-32(41)38(44)47)8-10-43-11-9-29(39)21-43;1-5-25-18(24)10-17(23)16-9-14(6-13(4)20(16)22)19-11(2)7-15(21)8-12(19)3;1-11(2)7-15(17(23)24)21-9-12(8-14(19)16(21)22)3-5-20-6-4-13(18)10-20/h13-17,20,22,27,29,33H,7-12,18-19,21H2,1-6H3;6-9,17H,5,10,23H2,1-4H3;8-9,11,13,15H,3-7,10H2,1-2H3,(H,23,24)/t27-,29+,33?;17-;13-,15?/m001/s1. The largest absolute Gasteiger partial charge is 0.480 e. The van der Waals surface area contributed by atoms with E-state index in [0.717, 1.165) is 49.1 Å². The van der Waals surface area contributed by atoms with Crippen molar-refractivity contribution in [3.63, 3.8) is 0 Å². The van der Waals surface area contributed by atoms with Gasteiger partial charge in [-0.3, -0.25) is 28.5 Å². The van der Waals surface area contributed by atoms with Gasteiger partial charge in [-0.2, -0.15) is 0 Å². The first-order valence-corrected chi connectivity index (χ1v) is 33.2. The van der Waals surface area contributed by atoms with Gasteiger partial charge >= 0.3 is 17.9 Å². The molecular weight excluding hydrogens is 1270 g/mol. The number of ketones is 1. The summed E-state index contributed by atoms with van der Waals surface area (Å²) < 4.78 is 126. The van der Waals surface area contributed by atoms with E-state index in [9.17, 15) is 60.2 Å². The summed E-state index contributed by atoms with van der Waals surface area (Å²) in [7, 11) is 0. The Morgan fingerprint density at radius 3 is 1.33 bits per heavy atom. The first-order valence-electron chi connectivity index (χ1n) is 33.2. The van der Waals surface area contributed by atoms with Crippen molar-refractivity contribution < 1.29 is 68.9 Å². The molecule has 4 aromatic carbocycles. The van der Waals surface area contributed by atoms with Gasteiger partial charge in [0.1, 0.15) is 41.7 Å². The Balaban J connectivity index is 0.000000254. The molecule has 0 bridgehead atoms. The molecule has 0 aliphatic carbocycles. The number of carbonyl (C=O) groups excluding carboxylic acids is 3. The third-order valence-corrected chi connectivity index (χ3v) is 17.5. The highest BCUT2D eigenvalue weighted by Gasteiger charge is 2.32. The van der Waals surface area contributed by atoms with Gasteiger partial charge in [0.05, 0.1) is 32.1 Å². The minimum absolute atomic E-state index is 0.0517. The number of aryl methyl sites for hydroxylation is 6. The molecule has 2 aliphatic heterocycles. The number of halogens is 8. The van der Waals surface area contributed by atoms with Gasteiger partial charge in [-0.05, 0) is 239 Å². The third-order valence-electron chi connectivity index (χ3n) is 17.5. The fraction of sp³-hybridized carbons (Fsp3) is 0.493. The lowest BCUT2D eigenvalue weighted by Crippen LogP contribution is -2.34. The second-order valence-corrected chi connectivity index (χ2v) is 26.5. The summed E-state index contributed by atoms with van der Waals surface area (Å²) in [6.45, 7) is 24.5. The predicted molar refractivity (Wildman–Crippen MR) is 359 cm³/mol. The van der Waals surface area contributed by atoms with E-state index in [1.54, 1.807) is 65.8 Å². The zero-order chi connectivity index (χ0) is 71.9. The number of Topliss-reactive ketones (excluding diaryl/α,β-unsaturated/α-hetero) is 1. The molecule has 0 radical (unpaired) electrons. The second kappa shape index (κ2) is 35.6. The summed E-state index contributed by atoms with van der Waals surface area (Å²) in [5, 5.41) is 9.38. The quantitative estimate of drug-likeness (QED) is 0.0388. The smallest absolute Gasteiger partial charge is 0.326 e. The summed E-state index contributed by atoms with van der Waals surface area (Å²) in [5.74, 6) is -7.33. The zero-order valence-electron chi connectivity index (χ0n) is 57.7. The SMILES string of the molecule is CC(C)CC(C(=O)O)n1cc(CCN2CC[C@@H](F)C2)cc(F)c1=O.CCOC(=O)C[C@H](CC(=O)C(CC(C)C)n1cc(CCN2CC[C@@H](F)C2)cc(F)c1=O)c1cc(-c2c(C)cc(F)cc2C)cc(C)c1F.CCOC(=O)C[C@H](N)c1cc(-c2c(C)cc(F)cc2C)cc(C)c1F. The highest BCUT2D eigenvalue weighted by molar-refractivity contribution is 5.85. The maximum Gasteiger partial charge on any atom is 0.326 e. The summed E-state index contributed by atoms with van der Waals surface area (Å²) >= 11 is 0. The van der Waals surface area contributed by atoms with Crippen molar-refractivity contribution in [1.29, 1.82) is 0 Å². The van der Waals surface area contributed by atoms with Crippen LogP contribution in [0.15, 0.2) is 82.6 Å². The van der Waals surface area contributed by atoms with Gasteiger partial charge in [-0.15, -0.1) is 0 Å². The Kier molecular flexibility index (Phi) is 28.7. The van der Waals surface area contributed by atoms with E-state index >= 15 is 8.78 Å². The summed E-state index contributed by atoms with van der Waals surface area (Å²) in [5.41, 5.74) is 12.0. The van der Waals surface area contributed by atoms with Crippen molar-refractivity contribution in [2.45, 2.75) is 177 Å². The summed E-state index contributed by atoms with van der Waals surface area (Å²) in [6, 6.07) is 11.6. The number of nitrogens with two attached hydrogens (primary N) is 1. The van der Waals surface area contributed by atoms with Crippen LogP contribution in [0.1, 0.15) is 166 Å². The molecule has 4 heterocycles. The van der Waals surface area contributed by atoms with Crippen LogP contribution in [0, 0.1) is 88.3 Å². The summed E-state index contributed by atoms with van der Waals surface area (Å²) in [6.07, 6.45) is 2.67. The molecule has 14 nitrogen and oxygen atoms in total. The second-order valence-electron chi connectivity index (χ2n) is 26.5. The number of nitrogens with zero attached hydrogens (tertiary/aromatic N) is 4. The van der Waals surface area contributed by atoms with Crippen molar-refractivity contribution in [3.8, 4) is 22.3 Å². The van der Waals surface area contributed by atoms with Crippen LogP contribution in [0.5, 0.6) is 0 Å². The number of esters is 2. The molecule has 2 fully saturated rings. The van der Waals surface area contributed by atoms with Gasteiger partial charge in [0.25, 0.3) is 11.1 Å². The van der Waals surface area contributed by atoms with E-state index in [4.69, 9.17) is 15.2 Å². The van der Waals surface area contributed by atoms with Gasteiger partial charge in [-0.25, -0.2) is 39.9 Å². The number of alkyl halides is 2. The predicted octanol–water partition coefficient (Wildman–Crippen LogP) is 14.5. The van der Waals surface area contributed by atoms with Crippen molar-refractivity contribution in [1.82, 2.24) is 18.9 Å². The molecule has 528 valence electrons. The van der Waals surface area contributed by atoms with E-state index in [1.807, 2.05) is 51.3 Å². The zero-order valence-corrected chi connectivity index (χ0v) is 57.7. The molecule has 0 spiro atoms. The van der Waals surface area contributed by atoms with Crippen LogP contribution >= 0.6 is 0 Å². The van der Waals surface area contributed by atoms with E-state index < -0.39 is 100 Å². The molecule has 0 saturated carbocycles. The molecule has 2 unspecified atom stereocenters. The molecule has 8 rings (SSSR count). The molecule has 2 saturated heterocycles. The minimum Gasteiger partial charge on any atom is -0.480 e. The number of likely N-dealkylation sites (tertiary alicyclic amines) is 2. The lowest BCUT2D eigenvalue weighted by atomic mass is 9.84. The van der Waals surface area contributed by atoms with Crippen LogP contribution in [0.25, 0.3) is 22.3 Å². The molecule has 97 heavy (non-hydrogen) atoms. The minimum atomic E-state index is -1.15. The molecule has 3 N–H and O–H groups in total. The maximum absolute atomic E-state index is 16.0. The Morgan fingerprint density at radius 1 is 0.546 bits per heavy atom. The molecule has 2 aliphatic rings. The number of aromatic nitrogens is 2. The monoisotopic (exact) mass is 1360 g/mol. The van der Waals surface area contributed by atoms with Crippen molar-refractivity contribution in [3.05, 3.63) is 184 Å². The number of carbonyl (C=O) groups is 4. The number of carboxylic acid groups (broad SMARTS) is 1. The number of hydrogen-bond acceptors (Lipinski definition) is 11. The maximum atomic E-state index is 16.0. The topological polar surface area (TPSA) is 183 Å². The van der Waals surface area contributed by atoms with Crippen LogP contribution in [-0.2, 0) is 41.5 Å². The van der Waals surface area contributed by atoms with E-state index in [-0.39, 0.29) is 79.7 Å². The van der Waals surface area contributed by atoms with Crippen LogP contribution in [0.3, 0.4) is 0 Å². The van der Waals surface area contributed by atoms with E-state index in [1.165, 1.54) is 36.7 Å². The fourth-order valence-electron chi connectivity index (χ4n) is 12.9. The summed E-state index contributed by atoms with van der Waals surface area (Å²) in [4.78, 5) is 79.3. The molecular formula is C75H93F8N5O9. The number of ether oxygens (including phenoxy) is 2. The Bertz CT molecular complexity index is 3840. The third kappa shape index (κ3) is 21.6. The highest BCUT2D eigenvalue weighted by Crippen LogP contribution is 2.38. The van der Waals surface area contributed by atoms with Crippen molar-refractivity contribution in [2.24, 2.45) is 17.6 Å². The first kappa shape index (κ1) is 78.2. The Labute approximate surface area is 563 Å². The number of aliphatic carboxylic acids is 1. The first-order chi connectivity index (χ1) is 45.7. The van der Waals surface area contributed by atoms with Crippen LogP contribution in [-0.4, -0.2) is 113 Å². The molecule has 6 atom stereocenters. The average Bonchev–Trinajstić information content (AvgIpc) is 1.40. The normalized spacial score (nSPS) is 16.1. The Hall–Kier alpha value is -7.82. The van der Waals surface area contributed by atoms with Crippen LogP contribution < -0.4 is 16.9 Å². The van der Waals surface area contributed by atoms with Gasteiger partial charge in [-0.1, -0.05) is 27.7 Å². The number of benzene rings is 4. The molecule has 0 amide bonds. The van der Waals surface area contributed by atoms with Crippen molar-refractivity contribution >= 4 is 23.7 Å². The van der Waals surface area contributed by atoms with Gasteiger partial charge < -0.3 is 34.7 Å². The lowest BCUT2D eigenvalue weighted by Gasteiger charge is -2.25. The number of hydrogen-bond donors (Lipinski definition) is 2. The van der Waals surface area contributed by atoms with Crippen LogP contribution in [0.4, 0.5) is 35.1 Å². The highest BCUT2D eigenvalue weighted by atomic mass is 19.2. The number of pyridine rings is 2. The number of carboxylic acids is 1. The van der Waals surface area contributed by atoms with Gasteiger partial charge in [0.2, 0.25) is 0 Å². The van der Waals surface area contributed by atoms with Crippen LogP contribution in [0.2, 0.25) is 0 Å². The van der Waals surface area contributed by atoms with Gasteiger partial charge in [0.15, 0.2) is 17.4 Å². The van der Waals surface area contributed by atoms with Crippen molar-refractivity contribution in [2.75, 3.05) is 52.5 Å². The van der Waals surface area contributed by atoms with Gasteiger partial charge in [0, 0.05) is 75.6 Å².